The Morgan fingerprint density at radius 3 is 1.62 bits per heavy atom. The van der Waals surface area contributed by atoms with Gasteiger partial charge in [0.05, 0.1) is 28.5 Å². The highest BCUT2D eigenvalue weighted by Gasteiger charge is 2.46. The number of hydrogen-bond donors (Lipinski definition) is 0. The lowest BCUT2D eigenvalue weighted by Crippen LogP contribution is -2.28. The summed E-state index contributed by atoms with van der Waals surface area (Å²) >= 11 is 0. The van der Waals surface area contributed by atoms with Crippen LogP contribution in [-0.4, -0.2) is 5.71 Å². The van der Waals surface area contributed by atoms with E-state index in [-0.39, 0.29) is 0 Å². The van der Waals surface area contributed by atoms with Crippen LogP contribution < -0.4 is 0 Å². The molecule has 308 valence electrons. The number of aliphatic imine (C=N–C) groups is 1. The van der Waals surface area contributed by atoms with E-state index in [1.807, 2.05) is 30.3 Å². The number of fused-ring (bicyclic) bond motifs is 3. The fourth-order valence-corrected chi connectivity index (χ4v) is 9.94. The van der Waals surface area contributed by atoms with Crippen LogP contribution in [0.15, 0.2) is 266 Å². The Balaban J connectivity index is 1.15. The Bertz CT molecular complexity index is 3450. The molecule has 0 spiro atoms. The maximum Gasteiger partial charge on any atom is 0.0991 e. The van der Waals surface area contributed by atoms with E-state index in [0.29, 0.717) is 5.56 Å². The first-order chi connectivity index (χ1) is 32.6. The maximum absolute atomic E-state index is 9.82. The highest BCUT2D eigenvalue weighted by molar-refractivity contribution is 6.15. The summed E-state index contributed by atoms with van der Waals surface area (Å²) in [6.45, 7) is 4.61. The van der Waals surface area contributed by atoms with Gasteiger partial charge < -0.3 is 0 Å². The van der Waals surface area contributed by atoms with E-state index in [0.717, 1.165) is 72.6 Å². The predicted molar refractivity (Wildman–Crippen MR) is 273 cm³/mol. The summed E-state index contributed by atoms with van der Waals surface area (Å²) in [4.78, 5) is 5.52. The first kappa shape index (κ1) is 40.0. The van der Waals surface area contributed by atoms with Gasteiger partial charge in [0.15, 0.2) is 0 Å². The molecular weight excluding hydrogens is 797 g/mol. The van der Waals surface area contributed by atoms with Crippen LogP contribution in [0.2, 0.25) is 0 Å². The smallest absolute Gasteiger partial charge is 0.0991 e. The fraction of sp³-hybridized carbons (Fsp3) is 0.0156. The van der Waals surface area contributed by atoms with Crippen molar-refractivity contribution in [2.45, 2.75) is 5.41 Å². The third-order valence-electron chi connectivity index (χ3n) is 13.0. The number of allylic oxidation sites excluding steroid dienone is 3. The third kappa shape index (κ3) is 6.98. The topological polar surface area (TPSA) is 36.1 Å². The van der Waals surface area contributed by atoms with E-state index in [2.05, 4.69) is 231 Å². The summed E-state index contributed by atoms with van der Waals surface area (Å²) in [7, 11) is 0. The van der Waals surface area contributed by atoms with Crippen molar-refractivity contribution in [3.8, 4) is 50.6 Å². The van der Waals surface area contributed by atoms with Crippen LogP contribution in [0.5, 0.6) is 0 Å². The Morgan fingerprint density at radius 1 is 0.424 bits per heavy atom. The van der Waals surface area contributed by atoms with Gasteiger partial charge in [-0.3, -0.25) is 0 Å². The first-order valence-corrected chi connectivity index (χ1v) is 22.3. The molecule has 0 saturated carbocycles. The van der Waals surface area contributed by atoms with Crippen molar-refractivity contribution in [3.63, 3.8) is 0 Å². The average Bonchev–Trinajstić information content (AvgIpc) is 3.68. The van der Waals surface area contributed by atoms with Crippen molar-refractivity contribution in [2.24, 2.45) is 4.99 Å². The van der Waals surface area contributed by atoms with Gasteiger partial charge in [-0.15, -0.1) is 5.73 Å². The van der Waals surface area contributed by atoms with Gasteiger partial charge in [0.2, 0.25) is 0 Å². The molecule has 66 heavy (non-hydrogen) atoms. The molecule has 0 unspecified atom stereocenters. The van der Waals surface area contributed by atoms with Gasteiger partial charge in [-0.25, -0.2) is 4.99 Å². The summed E-state index contributed by atoms with van der Waals surface area (Å²) in [6, 6.07) is 83.8. The zero-order valence-corrected chi connectivity index (χ0v) is 36.2. The Hall–Kier alpha value is -8.86. The van der Waals surface area contributed by atoms with Crippen LogP contribution in [0.1, 0.15) is 44.5 Å². The molecule has 1 aliphatic heterocycles. The summed E-state index contributed by atoms with van der Waals surface area (Å²) in [5.41, 5.74) is 23.7. The fourth-order valence-electron chi connectivity index (χ4n) is 9.94. The van der Waals surface area contributed by atoms with Crippen LogP contribution in [-0.2, 0) is 5.41 Å². The lowest BCUT2D eigenvalue weighted by molar-refractivity contribution is 0.769. The normalized spacial score (nSPS) is 14.3. The van der Waals surface area contributed by atoms with E-state index in [4.69, 9.17) is 4.99 Å². The molecule has 1 aliphatic carbocycles. The van der Waals surface area contributed by atoms with E-state index < -0.39 is 5.41 Å². The zero-order chi connectivity index (χ0) is 44.5. The van der Waals surface area contributed by atoms with E-state index in [1.54, 1.807) is 0 Å². The summed E-state index contributed by atoms with van der Waals surface area (Å²) in [6.07, 6.45) is 4.11. The minimum absolute atomic E-state index is 0.582. The molecule has 1 heterocycles. The first-order valence-electron chi connectivity index (χ1n) is 22.3. The molecular formula is C64H42N2. The van der Waals surface area contributed by atoms with Gasteiger partial charge in [0.1, 0.15) is 0 Å². The Kier molecular flexibility index (Phi) is 10.3. The molecule has 0 aromatic heterocycles. The highest BCUT2D eigenvalue weighted by Crippen LogP contribution is 2.58. The molecule has 9 aromatic carbocycles. The van der Waals surface area contributed by atoms with Gasteiger partial charge in [-0.1, -0.05) is 207 Å². The quantitative estimate of drug-likeness (QED) is 0.140. The van der Waals surface area contributed by atoms with Gasteiger partial charge in [-0.05, 0) is 114 Å². The molecule has 0 amide bonds. The van der Waals surface area contributed by atoms with E-state index >= 15 is 0 Å². The Morgan fingerprint density at radius 2 is 0.955 bits per heavy atom. The molecule has 0 fully saturated rings. The molecule has 0 N–H and O–H groups in total. The predicted octanol–water partition coefficient (Wildman–Crippen LogP) is 15.6. The van der Waals surface area contributed by atoms with Crippen molar-refractivity contribution in [1.82, 2.24) is 0 Å². The summed E-state index contributed by atoms with van der Waals surface area (Å²) in [5.74, 6) is 0. The number of hydrogen-bond acceptors (Lipinski definition) is 2. The van der Waals surface area contributed by atoms with Gasteiger partial charge in [0.25, 0.3) is 0 Å². The van der Waals surface area contributed by atoms with Crippen LogP contribution in [0.3, 0.4) is 0 Å². The van der Waals surface area contributed by atoms with E-state index in [1.165, 1.54) is 33.4 Å². The highest BCUT2D eigenvalue weighted by atomic mass is 14.8. The maximum atomic E-state index is 9.82. The third-order valence-corrected chi connectivity index (χ3v) is 13.0. The van der Waals surface area contributed by atoms with Crippen LogP contribution >= 0.6 is 0 Å². The van der Waals surface area contributed by atoms with Crippen molar-refractivity contribution in [1.29, 1.82) is 5.26 Å². The SMILES string of the molecule is C=C1/C=C(/c2cccc(-c3cc4c(cc3-c3ccc(C#N)cc3)-c3ccccc3C4(c3ccccc3)c3ccccc3)c2)N=C(c2ccccc2-c2ccccc2)C=C=C1c1ccccc1. The second-order valence-electron chi connectivity index (χ2n) is 16.7. The van der Waals surface area contributed by atoms with Gasteiger partial charge in [-0.2, -0.15) is 5.26 Å². The van der Waals surface area contributed by atoms with Gasteiger partial charge >= 0.3 is 0 Å². The van der Waals surface area contributed by atoms with Crippen molar-refractivity contribution < 1.29 is 0 Å². The minimum atomic E-state index is -0.582. The van der Waals surface area contributed by atoms with Crippen LogP contribution in [0.4, 0.5) is 0 Å². The molecule has 2 aliphatic rings. The van der Waals surface area contributed by atoms with E-state index in [9.17, 15) is 5.26 Å². The zero-order valence-electron chi connectivity index (χ0n) is 36.2. The molecule has 9 aromatic rings. The monoisotopic (exact) mass is 838 g/mol. The molecule has 0 bridgehead atoms. The number of rotatable bonds is 8. The summed E-state index contributed by atoms with van der Waals surface area (Å²) in [5, 5.41) is 9.82. The Labute approximate surface area is 386 Å². The van der Waals surface area contributed by atoms with Crippen LogP contribution in [0, 0.1) is 11.3 Å². The lowest BCUT2D eigenvalue weighted by Gasteiger charge is -2.34. The molecule has 0 saturated heterocycles. The largest absolute Gasteiger partial charge is 0.247 e. The molecule has 0 radical (unpaired) electrons. The van der Waals surface area contributed by atoms with Crippen molar-refractivity contribution in [3.05, 3.63) is 305 Å². The average molecular weight is 839 g/mol. The molecule has 11 rings (SSSR count). The number of benzene rings is 9. The second-order valence-corrected chi connectivity index (χ2v) is 16.7. The molecule has 2 nitrogen and oxygen atoms in total. The number of nitrogens with zero attached hydrogens (tertiary/aromatic N) is 2. The van der Waals surface area contributed by atoms with Gasteiger partial charge in [0, 0.05) is 22.8 Å². The second kappa shape index (κ2) is 17.0. The lowest BCUT2D eigenvalue weighted by atomic mass is 9.67. The summed E-state index contributed by atoms with van der Waals surface area (Å²) < 4.78 is 0. The molecule has 0 atom stereocenters. The van der Waals surface area contributed by atoms with Crippen molar-refractivity contribution in [2.75, 3.05) is 0 Å². The van der Waals surface area contributed by atoms with Crippen LogP contribution in [0.25, 0.3) is 55.8 Å². The number of nitriles is 1. The standard InChI is InChI=1S/C64H42N2/c1-44-39-63(66-62(38-37-53(44)46-19-6-2-7-20-46)56-31-15-14-29-54(56)47-21-8-3-9-22-47)50-24-18-23-49(40-50)58-42-61-59(41-57(58)48-35-33-45(43-65)34-36-48)55-30-16-17-32-60(55)64(61,51-25-10-4-11-26-51)52-27-12-5-13-28-52/h2-36,38-42H,1H2/b63-39-,66-62?. The minimum Gasteiger partial charge on any atom is -0.247 e. The van der Waals surface area contributed by atoms with Crippen molar-refractivity contribution >= 4 is 17.0 Å². The molecule has 2 heteroatoms.